The van der Waals surface area contributed by atoms with E-state index in [1.807, 2.05) is 6.92 Å². The van der Waals surface area contributed by atoms with Crippen molar-refractivity contribution in [2.75, 3.05) is 11.9 Å². The molecule has 2 rings (SSSR count). The first-order valence-electron chi connectivity index (χ1n) is 7.52. The molecular formula is C16H20ClF3N2O2. The lowest BCUT2D eigenvalue weighted by Gasteiger charge is -2.57. The van der Waals surface area contributed by atoms with E-state index in [0.717, 1.165) is 12.1 Å². The fourth-order valence-electron chi connectivity index (χ4n) is 2.88. The molecular weight excluding hydrogens is 345 g/mol. The maximum absolute atomic E-state index is 12.9. The Kier molecular flexibility index (Phi) is 4.92. The van der Waals surface area contributed by atoms with E-state index < -0.39 is 33.6 Å². The number of nitrogens with two attached hydrogens (primary N) is 1. The van der Waals surface area contributed by atoms with Gasteiger partial charge in [0.25, 0.3) is 0 Å². The van der Waals surface area contributed by atoms with E-state index in [0.29, 0.717) is 13.0 Å². The van der Waals surface area contributed by atoms with E-state index in [1.54, 1.807) is 13.8 Å². The van der Waals surface area contributed by atoms with Crippen LogP contribution in [0.4, 0.5) is 18.9 Å². The highest BCUT2D eigenvalue weighted by Gasteiger charge is 2.62. The number of hydrogen-bond acceptors (Lipinski definition) is 3. The Morgan fingerprint density at radius 1 is 1.46 bits per heavy atom. The molecule has 1 aliphatic rings. The molecule has 1 amide bonds. The molecule has 134 valence electrons. The smallest absolute Gasteiger partial charge is 0.378 e. The normalized spacial score (nSPS) is 25.9. The van der Waals surface area contributed by atoms with Gasteiger partial charge in [-0.25, -0.2) is 0 Å². The SMILES string of the molecule is CCOC1CC(N)(C(=O)Nc2ccc(Cl)c(C(F)(F)F)c2)C1(C)C. The summed E-state index contributed by atoms with van der Waals surface area (Å²) in [6, 6.07) is 3.21. The first-order valence-corrected chi connectivity index (χ1v) is 7.90. The molecule has 0 heterocycles. The Hall–Kier alpha value is -1.31. The highest BCUT2D eigenvalue weighted by Crippen LogP contribution is 2.50. The van der Waals surface area contributed by atoms with Gasteiger partial charge in [0, 0.05) is 24.1 Å². The van der Waals surface area contributed by atoms with E-state index >= 15 is 0 Å². The van der Waals surface area contributed by atoms with E-state index in [1.165, 1.54) is 6.07 Å². The molecule has 1 aromatic rings. The second-order valence-corrected chi connectivity index (χ2v) is 6.89. The summed E-state index contributed by atoms with van der Waals surface area (Å²) in [6.07, 6.45) is -4.47. The van der Waals surface area contributed by atoms with Gasteiger partial charge in [0.15, 0.2) is 0 Å². The summed E-state index contributed by atoms with van der Waals surface area (Å²) in [5, 5.41) is 2.04. The molecule has 0 saturated heterocycles. The van der Waals surface area contributed by atoms with Gasteiger partial charge >= 0.3 is 6.18 Å². The highest BCUT2D eigenvalue weighted by molar-refractivity contribution is 6.31. The summed E-state index contributed by atoms with van der Waals surface area (Å²) in [7, 11) is 0. The number of anilines is 1. The third-order valence-corrected chi connectivity index (χ3v) is 5.09. The number of hydrogen-bond donors (Lipinski definition) is 2. The molecule has 3 N–H and O–H groups in total. The minimum atomic E-state index is -4.60. The number of halogens is 4. The first kappa shape index (κ1) is 19.0. The zero-order chi connectivity index (χ0) is 18.3. The molecule has 2 atom stereocenters. The van der Waals surface area contributed by atoms with Crippen molar-refractivity contribution < 1.29 is 22.7 Å². The number of nitrogens with one attached hydrogen (secondary N) is 1. The molecule has 0 radical (unpaired) electrons. The van der Waals surface area contributed by atoms with Crippen LogP contribution in [0, 0.1) is 5.41 Å². The van der Waals surface area contributed by atoms with Crippen LogP contribution < -0.4 is 11.1 Å². The maximum atomic E-state index is 12.9. The average Bonchev–Trinajstić information content (AvgIpc) is 2.47. The minimum Gasteiger partial charge on any atom is -0.378 e. The van der Waals surface area contributed by atoms with Crippen molar-refractivity contribution in [3.63, 3.8) is 0 Å². The molecule has 1 aliphatic carbocycles. The van der Waals surface area contributed by atoms with Crippen LogP contribution in [0.15, 0.2) is 18.2 Å². The zero-order valence-electron chi connectivity index (χ0n) is 13.6. The summed E-state index contributed by atoms with van der Waals surface area (Å²) < 4.78 is 44.2. The summed E-state index contributed by atoms with van der Waals surface area (Å²) in [6.45, 7) is 5.95. The lowest BCUT2D eigenvalue weighted by molar-refractivity contribution is -0.166. The van der Waals surface area contributed by atoms with Crippen molar-refractivity contribution in [1.82, 2.24) is 0 Å². The van der Waals surface area contributed by atoms with Crippen LogP contribution in [0.25, 0.3) is 0 Å². The Morgan fingerprint density at radius 2 is 2.08 bits per heavy atom. The van der Waals surface area contributed by atoms with E-state index in [2.05, 4.69) is 5.32 Å². The zero-order valence-corrected chi connectivity index (χ0v) is 14.4. The van der Waals surface area contributed by atoms with Gasteiger partial charge < -0.3 is 15.8 Å². The summed E-state index contributed by atoms with van der Waals surface area (Å²) in [5.74, 6) is -0.543. The van der Waals surface area contributed by atoms with Gasteiger partial charge in [-0.15, -0.1) is 0 Å². The lowest BCUT2D eigenvalue weighted by Crippen LogP contribution is -2.74. The Bertz CT molecular complexity index is 649. The van der Waals surface area contributed by atoms with Crippen LogP contribution in [-0.2, 0) is 15.7 Å². The van der Waals surface area contributed by atoms with Gasteiger partial charge in [-0.1, -0.05) is 25.4 Å². The molecule has 8 heteroatoms. The van der Waals surface area contributed by atoms with Gasteiger partial charge in [0.05, 0.1) is 16.7 Å². The van der Waals surface area contributed by atoms with Crippen LogP contribution >= 0.6 is 11.6 Å². The van der Waals surface area contributed by atoms with Crippen molar-refractivity contribution in [3.05, 3.63) is 28.8 Å². The van der Waals surface area contributed by atoms with E-state index in [-0.39, 0.29) is 11.8 Å². The molecule has 1 saturated carbocycles. The summed E-state index contributed by atoms with van der Waals surface area (Å²) in [4.78, 5) is 12.5. The molecule has 2 unspecified atom stereocenters. The third-order valence-electron chi connectivity index (χ3n) is 4.76. The molecule has 0 spiro atoms. The van der Waals surface area contributed by atoms with Crippen LogP contribution in [0.1, 0.15) is 32.8 Å². The van der Waals surface area contributed by atoms with Crippen molar-refractivity contribution in [2.24, 2.45) is 11.1 Å². The summed E-state index contributed by atoms with van der Waals surface area (Å²) >= 11 is 5.57. The molecule has 0 bridgehead atoms. The highest BCUT2D eigenvalue weighted by atomic mass is 35.5. The van der Waals surface area contributed by atoms with Gasteiger partial charge in [-0.2, -0.15) is 13.2 Å². The maximum Gasteiger partial charge on any atom is 0.417 e. The molecule has 4 nitrogen and oxygen atoms in total. The minimum absolute atomic E-state index is 0.00258. The molecule has 1 fully saturated rings. The van der Waals surface area contributed by atoms with Gasteiger partial charge in [0.2, 0.25) is 5.91 Å². The van der Waals surface area contributed by atoms with Gasteiger partial charge in [-0.05, 0) is 25.1 Å². The van der Waals surface area contributed by atoms with E-state index in [9.17, 15) is 18.0 Å². The quantitative estimate of drug-likeness (QED) is 0.853. The fourth-order valence-corrected chi connectivity index (χ4v) is 3.11. The number of carbonyl (C=O) groups is 1. The Morgan fingerprint density at radius 3 is 2.58 bits per heavy atom. The average molecular weight is 365 g/mol. The van der Waals surface area contributed by atoms with Crippen molar-refractivity contribution in [3.8, 4) is 0 Å². The monoisotopic (exact) mass is 364 g/mol. The van der Waals surface area contributed by atoms with Crippen LogP contribution in [-0.4, -0.2) is 24.2 Å². The van der Waals surface area contributed by atoms with Crippen molar-refractivity contribution >= 4 is 23.2 Å². The molecule has 24 heavy (non-hydrogen) atoms. The third kappa shape index (κ3) is 3.12. The fraction of sp³-hybridized carbons (Fsp3) is 0.562. The second-order valence-electron chi connectivity index (χ2n) is 6.49. The topological polar surface area (TPSA) is 64.3 Å². The predicted molar refractivity (Wildman–Crippen MR) is 85.8 cm³/mol. The number of rotatable bonds is 4. The van der Waals surface area contributed by atoms with Gasteiger partial charge in [0.1, 0.15) is 5.54 Å². The Balaban J connectivity index is 2.19. The molecule has 0 aromatic heterocycles. The predicted octanol–water partition coefficient (Wildman–Crippen LogP) is 3.83. The number of benzene rings is 1. The van der Waals surface area contributed by atoms with Crippen molar-refractivity contribution in [1.29, 1.82) is 0 Å². The van der Waals surface area contributed by atoms with Gasteiger partial charge in [-0.3, -0.25) is 4.79 Å². The van der Waals surface area contributed by atoms with Crippen LogP contribution in [0.3, 0.4) is 0 Å². The largest absolute Gasteiger partial charge is 0.417 e. The number of alkyl halides is 3. The first-order chi connectivity index (χ1) is 10.9. The number of carbonyl (C=O) groups excluding carboxylic acids is 1. The lowest BCUT2D eigenvalue weighted by atomic mass is 9.54. The number of ether oxygens (including phenoxy) is 1. The standard InChI is InChI=1S/C16H20ClF3N2O2/c1-4-24-12-8-15(21,14(12,2)3)13(23)22-9-5-6-11(17)10(7-9)16(18,19)20/h5-7,12H,4,8,21H2,1-3H3,(H,22,23). The number of amides is 1. The van der Waals surface area contributed by atoms with Crippen LogP contribution in [0.5, 0.6) is 0 Å². The Labute approximate surface area is 143 Å². The van der Waals surface area contributed by atoms with E-state index in [4.69, 9.17) is 22.1 Å². The van der Waals surface area contributed by atoms with Crippen LogP contribution in [0.2, 0.25) is 5.02 Å². The second kappa shape index (κ2) is 6.20. The molecule has 0 aliphatic heterocycles. The molecule has 1 aromatic carbocycles. The summed E-state index contributed by atoms with van der Waals surface area (Å²) in [5.41, 5.74) is 3.35. The van der Waals surface area contributed by atoms with Crippen molar-refractivity contribution in [2.45, 2.75) is 45.0 Å².